The summed E-state index contributed by atoms with van der Waals surface area (Å²) in [4.78, 5) is 22.6. The van der Waals surface area contributed by atoms with E-state index in [4.69, 9.17) is 11.6 Å². The number of hydrogen-bond donors (Lipinski definition) is 4. The van der Waals surface area contributed by atoms with Crippen molar-refractivity contribution in [2.75, 3.05) is 23.0 Å². The number of aromatic hydroxyl groups is 1. The fraction of sp³-hybridized carbons (Fsp3) is 0.0645. The van der Waals surface area contributed by atoms with Crippen molar-refractivity contribution in [2.45, 2.75) is 14.7 Å². The maximum atomic E-state index is 12.7. The number of nitrogens with zero attached hydrogens (tertiary/aromatic N) is 7. The molecule has 1 aromatic heterocycles. The van der Waals surface area contributed by atoms with Crippen molar-refractivity contribution in [3.63, 3.8) is 0 Å². The van der Waals surface area contributed by atoms with E-state index >= 15 is 0 Å². The van der Waals surface area contributed by atoms with Crippen molar-refractivity contribution in [2.24, 2.45) is 15.3 Å². The zero-order chi connectivity index (χ0) is 43.7. The zero-order valence-corrected chi connectivity index (χ0v) is 43.6. The molecule has 0 atom stereocenters. The number of phenolic OH excluding ortho intramolecular Hbond substituents is 1. The number of phenols is 1. The van der Waals surface area contributed by atoms with Crippen molar-refractivity contribution in [1.29, 1.82) is 0 Å². The fourth-order valence-corrected chi connectivity index (χ4v) is 7.15. The molecule has 0 bridgehead atoms. The summed E-state index contributed by atoms with van der Waals surface area (Å²) in [7, 11) is -14.5. The minimum absolute atomic E-state index is 0. The van der Waals surface area contributed by atoms with Crippen LogP contribution < -0.4 is 105 Å². The second-order valence-electron chi connectivity index (χ2n) is 11.2. The topological polar surface area (TPSA) is 371 Å². The Morgan fingerprint density at radius 2 is 1.53 bits per heavy atom. The van der Waals surface area contributed by atoms with E-state index in [9.17, 15) is 54.6 Å². The number of halogens is 1. The van der Waals surface area contributed by atoms with Gasteiger partial charge in [0.25, 0.3) is 0 Å². The molecule has 0 aliphatic carbocycles. The maximum absolute atomic E-state index is 12.7. The molecule has 4 aromatic carbocycles. The Balaban J connectivity index is 0.00000512. The van der Waals surface area contributed by atoms with Gasteiger partial charge in [-0.15, -0.1) is 15.9 Å². The predicted molar refractivity (Wildman–Crippen MR) is 204 cm³/mol. The summed E-state index contributed by atoms with van der Waals surface area (Å²) in [6, 6.07) is 17.9. The van der Waals surface area contributed by atoms with Gasteiger partial charge in [-0.2, -0.15) is 19.3 Å². The number of azo groups is 1. The molecule has 0 unspecified atom stereocenters. The zero-order valence-electron chi connectivity index (χ0n) is 32.6. The third-order valence-electron chi connectivity index (χ3n) is 7.13. The van der Waals surface area contributed by atoms with E-state index in [0.717, 1.165) is 18.2 Å². The van der Waals surface area contributed by atoms with E-state index < -0.39 is 81.9 Å². The first-order valence-electron chi connectivity index (χ1n) is 15.8. The van der Waals surface area contributed by atoms with Gasteiger partial charge in [0.1, 0.15) is 15.8 Å². The normalized spacial score (nSPS) is 11.6. The smallest absolute Gasteiger partial charge is 0.744 e. The summed E-state index contributed by atoms with van der Waals surface area (Å²) < 4.78 is 102. The Hall–Kier alpha value is -2.40. The second-order valence-corrected chi connectivity index (χ2v) is 16.8. The van der Waals surface area contributed by atoms with Gasteiger partial charge in [-0.3, -0.25) is 9.22 Å². The van der Waals surface area contributed by atoms with Gasteiger partial charge in [0, 0.05) is 21.7 Å². The molecule has 0 spiro atoms. The van der Waals surface area contributed by atoms with Gasteiger partial charge in [-0.05, 0) is 54.1 Å². The minimum atomic E-state index is -5.25. The molecule has 64 heavy (non-hydrogen) atoms. The number of nitrogens with one attached hydrogen (secondary N) is 2. The fourth-order valence-electron chi connectivity index (χ4n) is 4.56. The van der Waals surface area contributed by atoms with Gasteiger partial charge in [0.05, 0.1) is 39.9 Å². The largest absolute Gasteiger partial charge is 1.00 e. The van der Waals surface area contributed by atoms with Crippen LogP contribution in [0, 0.1) is 0 Å². The molecule has 0 amide bonds. The number of hydrogen-bond acceptors (Lipinski definition) is 22. The summed E-state index contributed by atoms with van der Waals surface area (Å²) >= 11 is 6.53. The van der Waals surface area contributed by atoms with Gasteiger partial charge >= 0.3 is 112 Å². The van der Waals surface area contributed by atoms with Crippen molar-refractivity contribution in [3.05, 3.63) is 107 Å². The Morgan fingerprint density at radius 3 is 2.16 bits per heavy atom. The number of rotatable bonds is 18. The first-order valence-corrected chi connectivity index (χ1v) is 21.3. The third-order valence-corrected chi connectivity index (χ3v) is 10.8. The molecule has 5 rings (SSSR count). The van der Waals surface area contributed by atoms with Crippen LogP contribution in [0.4, 0.5) is 34.6 Å². The monoisotopic (exact) mass is 1050 g/mol. The van der Waals surface area contributed by atoms with Crippen LogP contribution in [0.15, 0.2) is 115 Å². The van der Waals surface area contributed by atoms with Crippen molar-refractivity contribution in [3.8, 4) is 5.75 Å². The van der Waals surface area contributed by atoms with Gasteiger partial charge in [0.2, 0.25) is 27.6 Å². The van der Waals surface area contributed by atoms with E-state index in [2.05, 4.69) is 59.9 Å². The third kappa shape index (κ3) is 18.0. The standard InChI is InChI=1S/C31H26ClN9O15S4.Cu.3Na/c32-29-35-30(33-18-7-4-8-20(13-18)58(46,47)12-11-54-60(51,52)53)37-31(36-29)34-24-15-21(59(48,49)50)16-25(26(24)42)39-41-27(17-5-2-1-3-6-17)40-38-23-14-19(57-56-55-45)9-10-22(23)28(43)44;;;;/h1-10,13-16H,11-12H2,(H8,33,34,35,36,37,38,39,40,41,42,43,44,45,48,49,50,51,52,53);;;;/q;4*+1/p-4. The van der Waals surface area contributed by atoms with Crippen LogP contribution in [0.1, 0.15) is 15.9 Å². The molecule has 33 heteroatoms. The van der Waals surface area contributed by atoms with Crippen LogP contribution in [0.5, 0.6) is 5.75 Å². The van der Waals surface area contributed by atoms with E-state index in [1.54, 1.807) is 18.2 Å². The van der Waals surface area contributed by atoms with Crippen LogP contribution >= 0.6 is 23.6 Å². The van der Waals surface area contributed by atoms with Crippen LogP contribution in [0.3, 0.4) is 0 Å². The van der Waals surface area contributed by atoms with Crippen LogP contribution in [-0.4, -0.2) is 83.7 Å². The molecule has 5 aromatic rings. The van der Waals surface area contributed by atoms with Gasteiger partial charge in [0.15, 0.2) is 21.4 Å². The Kier molecular flexibility index (Phi) is 25.0. The van der Waals surface area contributed by atoms with E-state index in [1.165, 1.54) is 42.5 Å². The van der Waals surface area contributed by atoms with E-state index in [0.29, 0.717) is 18.1 Å². The number of benzene rings is 4. The van der Waals surface area contributed by atoms with E-state index in [-0.39, 0.29) is 150 Å². The number of anilines is 4. The molecule has 0 aliphatic rings. The first kappa shape index (κ1) is 59.6. The molecule has 0 fully saturated rings. The van der Waals surface area contributed by atoms with Crippen molar-refractivity contribution >= 4 is 100 Å². The van der Waals surface area contributed by atoms with Gasteiger partial charge < -0.3 is 45.7 Å². The molecule has 0 aliphatic heterocycles. The average molecular weight is 1060 g/mol. The summed E-state index contributed by atoms with van der Waals surface area (Å²) in [5, 5.41) is 51.0. The van der Waals surface area contributed by atoms with Gasteiger partial charge in [-0.1, -0.05) is 42.5 Å². The molecule has 0 saturated carbocycles. The molecule has 0 saturated heterocycles. The average Bonchev–Trinajstić information content (AvgIpc) is 3.17. The molecule has 24 nitrogen and oxygen atoms in total. The summed E-state index contributed by atoms with van der Waals surface area (Å²) in [5.41, 5.74) is 2.57. The molecule has 0 radical (unpaired) electrons. The molecule has 4 N–H and O–H groups in total. The number of aromatic carboxylic acids is 1. The predicted octanol–water partition coefficient (Wildman–Crippen LogP) is -5.04. The van der Waals surface area contributed by atoms with Gasteiger partial charge in [-0.25, -0.2) is 30.0 Å². The number of sulfone groups is 1. The van der Waals surface area contributed by atoms with E-state index in [1.807, 2.05) is 0 Å². The first-order chi connectivity index (χ1) is 28.3. The number of carboxylic acids is 1. The van der Waals surface area contributed by atoms with Crippen LogP contribution in [-0.2, 0) is 61.0 Å². The quantitative estimate of drug-likeness (QED) is 0.00610. The number of amidine groups is 1. The molecular weight excluding hydrogens is 1030 g/mol. The Labute approximate surface area is 449 Å². The molecule has 1 heterocycles. The van der Waals surface area contributed by atoms with Crippen molar-refractivity contribution in [1.82, 2.24) is 15.0 Å². The minimum Gasteiger partial charge on any atom is -0.744 e. The molecule has 326 valence electrons. The number of carbonyl (C=O) groups is 1. The summed E-state index contributed by atoms with van der Waals surface area (Å²) in [5.74, 6) is -4.16. The maximum Gasteiger partial charge on any atom is 1.00 e. The Morgan fingerprint density at radius 1 is 0.859 bits per heavy atom. The van der Waals surface area contributed by atoms with Crippen LogP contribution in [0.2, 0.25) is 5.28 Å². The molecular formula is C31H22ClCuN9Na3O15S4. The Bertz CT molecular complexity index is 2830. The second kappa shape index (κ2) is 26.8. The number of aromatic nitrogens is 3. The SMILES string of the molecule is O=C(O)c1ccc(SOO[O-])cc1[N-]/N=C(\N=Nc1cc(S(=O)(=O)[O-])cc(Nc2nc(Cl)nc(Nc3cccc(S(=O)(=O)CCOS(=O)(=O)[O-])c3)n2)c1O)c1ccccc1.[Cu+].[Na+].[Na+].[Na+]. The summed E-state index contributed by atoms with van der Waals surface area (Å²) in [6.07, 6.45) is 0. The summed E-state index contributed by atoms with van der Waals surface area (Å²) in [6.45, 7) is -0.935. The van der Waals surface area contributed by atoms with Crippen molar-refractivity contribution < 1.29 is 174 Å². The van der Waals surface area contributed by atoms with Crippen LogP contribution in [0.25, 0.3) is 5.43 Å². The number of carboxylic acid groups (broad SMARTS) is 1.